The van der Waals surface area contributed by atoms with Gasteiger partial charge in [-0.1, -0.05) is 0 Å². The van der Waals surface area contributed by atoms with Crippen LogP contribution in [0.4, 0.5) is 4.39 Å². The summed E-state index contributed by atoms with van der Waals surface area (Å²) in [5.41, 5.74) is 0.589. The Morgan fingerprint density at radius 3 is 2.76 bits per heavy atom. The van der Waals surface area contributed by atoms with Gasteiger partial charge < -0.3 is 4.42 Å². The van der Waals surface area contributed by atoms with Gasteiger partial charge in [0.25, 0.3) is 0 Å². The van der Waals surface area contributed by atoms with Crippen LogP contribution in [-0.4, -0.2) is 6.29 Å². The first-order valence-electron chi connectivity index (χ1n) is 4.60. The van der Waals surface area contributed by atoms with Gasteiger partial charge in [0, 0.05) is 5.56 Å². The summed E-state index contributed by atoms with van der Waals surface area (Å²) in [7, 11) is 0. The number of halogens is 2. The average Bonchev–Trinajstić information content (AvgIpc) is 2.80. The van der Waals surface area contributed by atoms with E-state index in [1.54, 1.807) is 0 Å². The molecule has 0 fully saturated rings. The molecule has 2 aromatic rings. The Labute approximate surface area is 105 Å². The van der Waals surface area contributed by atoms with Crippen molar-refractivity contribution >= 4 is 22.2 Å². The van der Waals surface area contributed by atoms with Crippen LogP contribution in [0.1, 0.15) is 16.1 Å². The predicted molar refractivity (Wildman–Crippen MR) is 61.9 cm³/mol. The lowest BCUT2D eigenvalue weighted by Crippen LogP contribution is -1.87. The second kappa shape index (κ2) is 4.52. The van der Waals surface area contributed by atoms with Crippen molar-refractivity contribution < 1.29 is 13.6 Å². The van der Waals surface area contributed by atoms with Crippen molar-refractivity contribution in [3.63, 3.8) is 0 Å². The third-order valence-corrected chi connectivity index (χ3v) is 2.80. The summed E-state index contributed by atoms with van der Waals surface area (Å²) >= 11 is 3.00. The maximum absolute atomic E-state index is 13.4. The maximum atomic E-state index is 13.4. The highest BCUT2D eigenvalue weighted by molar-refractivity contribution is 9.10. The first-order valence-corrected chi connectivity index (χ1v) is 5.39. The molecule has 2 rings (SSSR count). The van der Waals surface area contributed by atoms with Crippen molar-refractivity contribution in [3.8, 4) is 17.4 Å². The van der Waals surface area contributed by atoms with E-state index in [2.05, 4.69) is 15.9 Å². The van der Waals surface area contributed by atoms with E-state index in [1.165, 1.54) is 24.3 Å². The van der Waals surface area contributed by atoms with E-state index in [-0.39, 0.29) is 21.6 Å². The highest BCUT2D eigenvalue weighted by atomic mass is 79.9. The molecule has 0 bridgehead atoms. The van der Waals surface area contributed by atoms with Gasteiger partial charge in [0.1, 0.15) is 11.6 Å². The van der Waals surface area contributed by atoms with E-state index in [4.69, 9.17) is 9.68 Å². The van der Waals surface area contributed by atoms with Crippen LogP contribution in [0.25, 0.3) is 11.3 Å². The molecule has 0 radical (unpaired) electrons. The Morgan fingerprint density at radius 2 is 2.18 bits per heavy atom. The van der Waals surface area contributed by atoms with Crippen LogP contribution >= 0.6 is 15.9 Å². The number of carbonyl (C=O) groups excluding carboxylic acids is 1. The number of hydrogen-bond donors (Lipinski definition) is 0. The summed E-state index contributed by atoms with van der Waals surface area (Å²) < 4.78 is 18.8. The largest absolute Gasteiger partial charge is 0.453 e. The first kappa shape index (κ1) is 11.6. The third kappa shape index (κ3) is 2.12. The molecule has 0 N–H and O–H groups in total. The summed E-state index contributed by atoms with van der Waals surface area (Å²) in [5.74, 6) is -0.0784. The smallest absolute Gasteiger partial charge is 0.185 e. The normalized spacial score (nSPS) is 9.94. The van der Waals surface area contributed by atoms with Crippen molar-refractivity contribution in [1.82, 2.24) is 0 Å². The number of furan rings is 1. The number of aldehydes is 1. The van der Waals surface area contributed by atoms with E-state index in [0.29, 0.717) is 11.8 Å². The fourth-order valence-corrected chi connectivity index (χ4v) is 1.75. The quantitative estimate of drug-likeness (QED) is 0.796. The molecular formula is C12H5BrFNO2. The van der Waals surface area contributed by atoms with Gasteiger partial charge >= 0.3 is 0 Å². The first-order chi connectivity index (χ1) is 8.15. The van der Waals surface area contributed by atoms with Gasteiger partial charge in [0.2, 0.25) is 0 Å². The van der Waals surface area contributed by atoms with Crippen molar-refractivity contribution in [3.05, 3.63) is 45.9 Å². The van der Waals surface area contributed by atoms with Gasteiger partial charge in [-0.25, -0.2) is 4.39 Å². The number of carbonyl (C=O) groups is 1. The van der Waals surface area contributed by atoms with Crippen LogP contribution in [0.15, 0.2) is 33.2 Å². The number of rotatable bonds is 2. The Hall–Kier alpha value is -1.93. The summed E-state index contributed by atoms with van der Waals surface area (Å²) in [4.78, 5) is 10.5. The minimum Gasteiger partial charge on any atom is -0.453 e. The summed E-state index contributed by atoms with van der Waals surface area (Å²) in [6.07, 6.45) is 0.546. The van der Waals surface area contributed by atoms with Crippen molar-refractivity contribution in [2.75, 3.05) is 0 Å². The molecule has 1 aromatic heterocycles. The molecule has 0 unspecified atom stereocenters. The third-order valence-electron chi connectivity index (χ3n) is 2.19. The van der Waals surface area contributed by atoms with Crippen LogP contribution in [0.2, 0.25) is 0 Å². The van der Waals surface area contributed by atoms with E-state index in [0.717, 1.165) is 0 Å². The van der Waals surface area contributed by atoms with Gasteiger partial charge in [-0.05, 0) is 40.2 Å². The monoisotopic (exact) mass is 293 g/mol. The van der Waals surface area contributed by atoms with Crippen molar-refractivity contribution in [1.29, 1.82) is 5.26 Å². The molecule has 0 saturated heterocycles. The minimum atomic E-state index is -0.497. The summed E-state index contributed by atoms with van der Waals surface area (Å²) in [6.45, 7) is 0. The molecule has 0 aliphatic rings. The van der Waals surface area contributed by atoms with Crippen LogP contribution in [0, 0.1) is 17.1 Å². The fourth-order valence-electron chi connectivity index (χ4n) is 1.40. The number of benzene rings is 1. The summed E-state index contributed by atoms with van der Waals surface area (Å²) in [6, 6.07) is 7.49. The lowest BCUT2D eigenvalue weighted by molar-refractivity contribution is 0.110. The highest BCUT2D eigenvalue weighted by Gasteiger charge is 2.13. The molecule has 0 amide bonds. The zero-order chi connectivity index (χ0) is 12.4. The Morgan fingerprint density at radius 1 is 1.41 bits per heavy atom. The van der Waals surface area contributed by atoms with Gasteiger partial charge in [0.15, 0.2) is 12.0 Å². The SMILES string of the molecule is N#Cc1cc(Br)c(F)cc1-c1ccc(C=O)o1. The molecule has 84 valence electrons. The molecular weight excluding hydrogens is 289 g/mol. The van der Waals surface area contributed by atoms with Crippen molar-refractivity contribution in [2.24, 2.45) is 0 Å². The van der Waals surface area contributed by atoms with Crippen LogP contribution in [0.5, 0.6) is 0 Å². The molecule has 3 nitrogen and oxygen atoms in total. The van der Waals surface area contributed by atoms with E-state index < -0.39 is 5.82 Å². The molecule has 0 spiro atoms. The molecule has 1 heterocycles. The molecule has 0 aliphatic carbocycles. The number of nitriles is 1. The van der Waals surface area contributed by atoms with Crippen LogP contribution < -0.4 is 0 Å². The van der Waals surface area contributed by atoms with Gasteiger partial charge in [-0.2, -0.15) is 5.26 Å². The van der Waals surface area contributed by atoms with E-state index in [1.807, 2.05) is 6.07 Å². The minimum absolute atomic E-state index is 0.132. The standard InChI is InChI=1S/C12H5BrFNO2/c13-10-3-7(5-15)9(4-11(10)14)12-2-1-8(6-16)17-12/h1-4,6H. The second-order valence-electron chi connectivity index (χ2n) is 3.24. The zero-order valence-electron chi connectivity index (χ0n) is 8.41. The fraction of sp³-hybridized carbons (Fsp3) is 0. The predicted octanol–water partition coefficient (Wildman–Crippen LogP) is 3.53. The Bertz CT molecular complexity index is 628. The lowest BCUT2D eigenvalue weighted by Gasteiger charge is -2.02. The highest BCUT2D eigenvalue weighted by Crippen LogP contribution is 2.29. The Balaban J connectivity index is 2.62. The van der Waals surface area contributed by atoms with Gasteiger partial charge in [-0.3, -0.25) is 4.79 Å². The summed E-state index contributed by atoms with van der Waals surface area (Å²) in [5, 5.41) is 8.95. The molecule has 1 aromatic carbocycles. The number of nitrogens with zero attached hydrogens (tertiary/aromatic N) is 1. The number of hydrogen-bond acceptors (Lipinski definition) is 3. The van der Waals surface area contributed by atoms with Crippen LogP contribution in [0.3, 0.4) is 0 Å². The second-order valence-corrected chi connectivity index (χ2v) is 4.10. The molecule has 0 atom stereocenters. The molecule has 0 saturated carbocycles. The van der Waals surface area contributed by atoms with E-state index in [9.17, 15) is 9.18 Å². The maximum Gasteiger partial charge on any atom is 0.185 e. The van der Waals surface area contributed by atoms with Crippen LogP contribution in [-0.2, 0) is 0 Å². The Kier molecular flexibility index (Phi) is 3.07. The molecule has 5 heteroatoms. The lowest BCUT2D eigenvalue weighted by atomic mass is 10.1. The van der Waals surface area contributed by atoms with E-state index >= 15 is 0 Å². The zero-order valence-corrected chi connectivity index (χ0v) is 9.99. The average molecular weight is 294 g/mol. The van der Waals surface area contributed by atoms with Gasteiger partial charge in [0.05, 0.1) is 16.1 Å². The molecule has 0 aliphatic heterocycles. The molecule has 17 heavy (non-hydrogen) atoms. The topological polar surface area (TPSA) is 54.0 Å². The van der Waals surface area contributed by atoms with Gasteiger partial charge in [-0.15, -0.1) is 0 Å². The van der Waals surface area contributed by atoms with Crippen molar-refractivity contribution in [2.45, 2.75) is 0 Å².